The minimum Gasteiger partial charge on any atom is -0.504 e. The molecule has 1 saturated heterocycles. The smallest absolute Gasteiger partial charge is 0.276 e. The number of phenolic OH excluding ortho intramolecular Hbond substituents is 1. The van der Waals surface area contributed by atoms with Crippen molar-refractivity contribution in [2.45, 2.75) is 61.3 Å². The number of ether oxygens (including phenoxy) is 1. The van der Waals surface area contributed by atoms with Crippen LogP contribution in [0, 0.1) is 10.1 Å². The van der Waals surface area contributed by atoms with Gasteiger partial charge in [0.25, 0.3) is 5.69 Å². The molecule has 3 heterocycles. The molecule has 1 saturated carbocycles. The van der Waals surface area contributed by atoms with Gasteiger partial charge in [-0.05, 0) is 56.4 Å². The number of phenols is 1. The molecule has 0 radical (unpaired) electrons. The Morgan fingerprint density at radius 2 is 2.07 bits per heavy atom. The van der Waals surface area contributed by atoms with Crippen molar-refractivity contribution in [3.05, 3.63) is 93.4 Å². The number of furan rings is 1. The molecule has 0 unspecified atom stereocenters. The molecule has 10 heteroatoms. The SMILES string of the molecule is CN(C(=O)/C=C/c1ccoc1)[C@H]1CC[C@@]2(O)[C@H]3Cc4c([N+](=O)[O-])cc(O)c5c4[C@@]2(CCN3CCc2ccccc2)[C@H]1O5. The van der Waals surface area contributed by atoms with Crippen LogP contribution in [0.4, 0.5) is 5.69 Å². The summed E-state index contributed by atoms with van der Waals surface area (Å²) in [5.41, 5.74) is 0.621. The van der Waals surface area contributed by atoms with E-state index in [1.54, 1.807) is 30.4 Å². The van der Waals surface area contributed by atoms with E-state index in [2.05, 4.69) is 17.0 Å². The van der Waals surface area contributed by atoms with Crippen LogP contribution in [0.5, 0.6) is 11.5 Å². The summed E-state index contributed by atoms with van der Waals surface area (Å²) < 4.78 is 11.6. The second-order valence-electron chi connectivity index (χ2n) is 12.0. The highest BCUT2D eigenvalue weighted by atomic mass is 16.6. The van der Waals surface area contributed by atoms with Crippen LogP contribution >= 0.6 is 0 Å². The van der Waals surface area contributed by atoms with E-state index in [0.717, 1.165) is 12.0 Å². The largest absolute Gasteiger partial charge is 0.504 e. The predicted molar refractivity (Wildman–Crippen MR) is 153 cm³/mol. The van der Waals surface area contributed by atoms with Crippen molar-refractivity contribution in [1.29, 1.82) is 0 Å². The molecule has 2 aliphatic heterocycles. The molecule has 2 aromatic carbocycles. The number of likely N-dealkylation sites (tertiary alicyclic amines) is 1. The molecule has 1 amide bonds. The van der Waals surface area contributed by atoms with Gasteiger partial charge in [-0.2, -0.15) is 0 Å². The number of nitro benzene ring substituents is 1. The van der Waals surface area contributed by atoms with Crippen molar-refractivity contribution in [3.63, 3.8) is 0 Å². The van der Waals surface area contributed by atoms with Crippen molar-refractivity contribution in [1.82, 2.24) is 9.80 Å². The Bertz CT molecular complexity index is 1570. The Morgan fingerprint density at radius 1 is 1.26 bits per heavy atom. The van der Waals surface area contributed by atoms with E-state index >= 15 is 0 Å². The highest BCUT2D eigenvalue weighted by Gasteiger charge is 2.74. The third-order valence-electron chi connectivity index (χ3n) is 10.2. The first-order valence-electron chi connectivity index (χ1n) is 14.4. The molecule has 218 valence electrons. The molecular weight excluding hydrogens is 538 g/mol. The number of hydrogen-bond donors (Lipinski definition) is 2. The lowest BCUT2D eigenvalue weighted by Gasteiger charge is -2.64. The molecule has 1 aromatic heterocycles. The number of carbonyl (C=O) groups excluding carboxylic acids is 1. The van der Waals surface area contributed by atoms with Gasteiger partial charge in [0, 0.05) is 42.4 Å². The Hall–Kier alpha value is -4.15. The number of carbonyl (C=O) groups is 1. The number of aromatic hydroxyl groups is 1. The molecular formula is C32H33N3O7. The molecule has 2 N–H and O–H groups in total. The summed E-state index contributed by atoms with van der Waals surface area (Å²) in [7, 11) is 1.72. The number of rotatable bonds is 7. The highest BCUT2D eigenvalue weighted by molar-refractivity contribution is 5.92. The van der Waals surface area contributed by atoms with Crippen molar-refractivity contribution in [2.75, 3.05) is 20.1 Å². The van der Waals surface area contributed by atoms with Crippen LogP contribution in [-0.4, -0.2) is 74.8 Å². The number of piperidine rings is 1. The first-order valence-corrected chi connectivity index (χ1v) is 14.4. The van der Waals surface area contributed by atoms with Crippen LogP contribution in [-0.2, 0) is 23.1 Å². The maximum absolute atomic E-state index is 13.3. The van der Waals surface area contributed by atoms with E-state index in [1.807, 2.05) is 18.2 Å². The zero-order chi connectivity index (χ0) is 29.2. The van der Waals surface area contributed by atoms with E-state index in [-0.39, 0.29) is 35.6 Å². The zero-order valence-corrected chi connectivity index (χ0v) is 23.3. The Morgan fingerprint density at radius 3 is 2.81 bits per heavy atom. The van der Waals surface area contributed by atoms with Gasteiger partial charge in [0.15, 0.2) is 11.5 Å². The number of nitro groups is 1. The fourth-order valence-corrected chi connectivity index (χ4v) is 8.23. The van der Waals surface area contributed by atoms with Crippen LogP contribution in [0.1, 0.15) is 41.5 Å². The third kappa shape index (κ3) is 3.74. The molecule has 2 bridgehead atoms. The quantitative estimate of drug-likeness (QED) is 0.249. The summed E-state index contributed by atoms with van der Waals surface area (Å²) in [6, 6.07) is 12.3. The first kappa shape index (κ1) is 26.7. The van der Waals surface area contributed by atoms with E-state index in [9.17, 15) is 25.1 Å². The number of hydrogen-bond acceptors (Lipinski definition) is 8. The number of benzene rings is 2. The molecule has 2 fully saturated rings. The van der Waals surface area contributed by atoms with Crippen LogP contribution < -0.4 is 4.74 Å². The van der Waals surface area contributed by atoms with E-state index in [0.29, 0.717) is 43.5 Å². The maximum atomic E-state index is 13.3. The number of aliphatic hydroxyl groups is 1. The van der Waals surface area contributed by atoms with Crippen molar-refractivity contribution in [3.8, 4) is 11.5 Å². The average molecular weight is 572 g/mol. The predicted octanol–water partition coefficient (Wildman–Crippen LogP) is 3.83. The van der Waals surface area contributed by atoms with E-state index in [1.165, 1.54) is 24.0 Å². The summed E-state index contributed by atoms with van der Waals surface area (Å²) in [6.07, 6.45) is 8.02. The molecule has 42 heavy (non-hydrogen) atoms. The molecule has 4 aliphatic rings. The Labute approximate surface area is 243 Å². The normalized spacial score (nSPS) is 29.2. The lowest BCUT2D eigenvalue weighted by atomic mass is 9.48. The summed E-state index contributed by atoms with van der Waals surface area (Å²) in [4.78, 5) is 29.0. The van der Waals surface area contributed by atoms with Gasteiger partial charge in [-0.1, -0.05) is 30.3 Å². The van der Waals surface area contributed by atoms with E-state index < -0.39 is 28.1 Å². The van der Waals surface area contributed by atoms with E-state index in [4.69, 9.17) is 9.15 Å². The standard InChI is InChI=1S/C32H33N3O7/c1-33(27(37)8-7-21-11-16-41-19-21)23-9-12-32(38)26-17-22-24(35(39)40)18-25(36)29-28(22)31(32,30(23)42-29)13-15-34(26)14-10-20-5-3-2-4-6-20/h2-8,11,16,18-19,23,26,30,36,38H,9-10,12-15,17H2,1H3/b8-7+/t23-,26+,30-,31-,32+/m0/s1. The first-order chi connectivity index (χ1) is 20.2. The van der Waals surface area contributed by atoms with Crippen LogP contribution in [0.2, 0.25) is 0 Å². The minimum absolute atomic E-state index is 0.151. The molecule has 1 spiro atoms. The highest BCUT2D eigenvalue weighted by Crippen LogP contribution is 2.67. The lowest BCUT2D eigenvalue weighted by Crippen LogP contribution is -2.78. The zero-order valence-electron chi connectivity index (χ0n) is 23.3. The molecule has 7 rings (SSSR count). The Balaban J connectivity index is 1.29. The minimum atomic E-state index is -1.25. The monoisotopic (exact) mass is 571 g/mol. The van der Waals surface area contributed by atoms with Gasteiger partial charge in [-0.3, -0.25) is 19.8 Å². The average Bonchev–Trinajstić information content (AvgIpc) is 3.63. The fraction of sp³-hybridized carbons (Fsp3) is 0.406. The number of amides is 1. The third-order valence-corrected chi connectivity index (χ3v) is 10.2. The van der Waals surface area contributed by atoms with Crippen LogP contribution in [0.15, 0.2) is 65.5 Å². The van der Waals surface area contributed by atoms with Gasteiger partial charge in [0.1, 0.15) is 6.10 Å². The van der Waals surface area contributed by atoms with Crippen molar-refractivity contribution < 1.29 is 29.1 Å². The number of nitrogens with zero attached hydrogens (tertiary/aromatic N) is 3. The van der Waals surface area contributed by atoms with Gasteiger partial charge < -0.3 is 24.3 Å². The summed E-state index contributed by atoms with van der Waals surface area (Å²) in [5.74, 6) is -0.327. The topological polar surface area (TPSA) is 130 Å². The van der Waals surface area contributed by atoms with Crippen molar-refractivity contribution in [2.24, 2.45) is 0 Å². The summed E-state index contributed by atoms with van der Waals surface area (Å²) in [5, 5.41) is 36.0. The molecule has 10 nitrogen and oxygen atoms in total. The van der Waals surface area contributed by atoms with Gasteiger partial charge in [-0.15, -0.1) is 0 Å². The second kappa shape index (κ2) is 9.71. The molecule has 2 aliphatic carbocycles. The van der Waals surface area contributed by atoms with Gasteiger partial charge in [0.2, 0.25) is 5.91 Å². The molecule has 3 aromatic rings. The maximum Gasteiger partial charge on any atom is 0.276 e. The van der Waals surface area contributed by atoms with Crippen molar-refractivity contribution >= 4 is 17.7 Å². The lowest BCUT2D eigenvalue weighted by molar-refractivity contribution is -0.386. The van der Waals surface area contributed by atoms with Gasteiger partial charge in [-0.25, -0.2) is 0 Å². The van der Waals surface area contributed by atoms with Crippen LogP contribution in [0.25, 0.3) is 6.08 Å². The molecule has 5 atom stereocenters. The van der Waals surface area contributed by atoms with Crippen LogP contribution in [0.3, 0.4) is 0 Å². The summed E-state index contributed by atoms with van der Waals surface area (Å²) >= 11 is 0. The summed E-state index contributed by atoms with van der Waals surface area (Å²) in [6.45, 7) is 1.36. The fourth-order valence-electron chi connectivity index (χ4n) is 8.23. The second-order valence-corrected chi connectivity index (χ2v) is 12.0. The van der Waals surface area contributed by atoms with Gasteiger partial charge >= 0.3 is 0 Å². The number of likely N-dealkylation sites (N-methyl/N-ethyl adjacent to an activating group) is 1. The Kier molecular flexibility index (Phi) is 6.18. The van der Waals surface area contributed by atoms with Gasteiger partial charge in [0.05, 0.1) is 40.6 Å².